The molecular formula is C35H44N4O6. The minimum Gasteiger partial charge on any atom is -0.444 e. The quantitative estimate of drug-likeness (QED) is 0.186. The van der Waals surface area contributed by atoms with Crippen molar-refractivity contribution >= 4 is 23.8 Å². The molecule has 0 aliphatic heterocycles. The summed E-state index contributed by atoms with van der Waals surface area (Å²) in [6.45, 7) is 6.75. The van der Waals surface area contributed by atoms with Crippen LogP contribution in [0.1, 0.15) is 56.8 Å². The van der Waals surface area contributed by atoms with Gasteiger partial charge in [0, 0.05) is 5.92 Å². The Hall–Kier alpha value is -4.70. The van der Waals surface area contributed by atoms with Crippen LogP contribution in [0.4, 0.5) is 4.79 Å². The standard InChI is InChI=1S/C35H44N4O6/c1-23(32(42)39-30(31(36)41)26-18-12-7-13-19-26)37-33(43)27(20-24-14-8-5-9-15-24)22-29(40)28(21-25-16-10-6-11-17-25)38-34(44)45-35(2,3)4/h5-19,23,27-30,40H,20-22H2,1-4H3,(H2,36,41)(H,37,43)(H,38,44)(H,39,42)/t23-,27-,28-,29+,30-/m0/s1. The lowest BCUT2D eigenvalue weighted by molar-refractivity contribution is -0.132. The fourth-order valence-electron chi connectivity index (χ4n) is 4.88. The van der Waals surface area contributed by atoms with Crippen molar-refractivity contribution in [3.05, 3.63) is 108 Å². The van der Waals surface area contributed by atoms with Crippen LogP contribution in [0, 0.1) is 5.92 Å². The molecule has 0 radical (unpaired) electrons. The number of aliphatic hydroxyl groups is 1. The van der Waals surface area contributed by atoms with Gasteiger partial charge in [-0.15, -0.1) is 0 Å². The Bertz CT molecular complexity index is 1400. The number of hydrogen-bond donors (Lipinski definition) is 5. The average Bonchev–Trinajstić information content (AvgIpc) is 2.99. The van der Waals surface area contributed by atoms with Gasteiger partial charge in [-0.05, 0) is 63.6 Å². The molecule has 3 rings (SSSR count). The highest BCUT2D eigenvalue weighted by molar-refractivity contribution is 5.92. The number of amides is 4. The Balaban J connectivity index is 1.78. The molecule has 0 saturated heterocycles. The van der Waals surface area contributed by atoms with E-state index in [0.717, 1.165) is 11.1 Å². The molecule has 10 nitrogen and oxygen atoms in total. The van der Waals surface area contributed by atoms with Crippen LogP contribution in [-0.2, 0) is 32.0 Å². The number of nitrogens with two attached hydrogens (primary N) is 1. The van der Waals surface area contributed by atoms with Crippen LogP contribution in [0.5, 0.6) is 0 Å². The normalized spacial score (nSPS) is 14.6. The highest BCUT2D eigenvalue weighted by Gasteiger charge is 2.32. The molecule has 0 aromatic heterocycles. The molecule has 0 saturated carbocycles. The van der Waals surface area contributed by atoms with Gasteiger partial charge in [0.25, 0.3) is 0 Å². The van der Waals surface area contributed by atoms with Gasteiger partial charge < -0.3 is 31.5 Å². The number of ether oxygens (including phenoxy) is 1. The van der Waals surface area contributed by atoms with Crippen molar-refractivity contribution in [2.45, 2.75) is 76.8 Å². The molecular weight excluding hydrogens is 572 g/mol. The Morgan fingerprint density at radius 2 is 1.27 bits per heavy atom. The smallest absolute Gasteiger partial charge is 0.407 e. The molecule has 10 heteroatoms. The van der Waals surface area contributed by atoms with Gasteiger partial charge in [-0.2, -0.15) is 0 Å². The first-order chi connectivity index (χ1) is 21.3. The van der Waals surface area contributed by atoms with E-state index in [4.69, 9.17) is 10.5 Å². The number of carbonyl (C=O) groups is 4. The van der Waals surface area contributed by atoms with Crippen LogP contribution in [0.25, 0.3) is 0 Å². The summed E-state index contributed by atoms with van der Waals surface area (Å²) >= 11 is 0. The van der Waals surface area contributed by atoms with E-state index in [1.807, 2.05) is 60.7 Å². The lowest BCUT2D eigenvalue weighted by Crippen LogP contribution is -2.51. The number of rotatable bonds is 14. The molecule has 3 aromatic rings. The topological polar surface area (TPSA) is 160 Å². The van der Waals surface area contributed by atoms with Gasteiger partial charge in [-0.25, -0.2) is 4.79 Å². The minimum absolute atomic E-state index is 0.0176. The van der Waals surface area contributed by atoms with Crippen molar-refractivity contribution in [2.75, 3.05) is 0 Å². The highest BCUT2D eigenvalue weighted by atomic mass is 16.6. The third-order valence-corrected chi connectivity index (χ3v) is 7.14. The van der Waals surface area contributed by atoms with Gasteiger partial charge in [0.2, 0.25) is 17.7 Å². The Kier molecular flexibility index (Phi) is 12.7. The molecule has 0 heterocycles. The molecule has 3 aromatic carbocycles. The maximum atomic E-state index is 13.7. The zero-order chi connectivity index (χ0) is 33.0. The first kappa shape index (κ1) is 34.8. The summed E-state index contributed by atoms with van der Waals surface area (Å²) in [5, 5.41) is 19.6. The molecule has 5 atom stereocenters. The predicted octanol–water partition coefficient (Wildman–Crippen LogP) is 3.58. The minimum atomic E-state index is -1.14. The van der Waals surface area contributed by atoms with Crippen LogP contribution < -0.4 is 21.7 Å². The van der Waals surface area contributed by atoms with Crippen molar-refractivity contribution < 1.29 is 29.0 Å². The van der Waals surface area contributed by atoms with Crippen LogP contribution in [-0.4, -0.2) is 52.7 Å². The average molecular weight is 617 g/mol. The molecule has 0 unspecified atom stereocenters. The van der Waals surface area contributed by atoms with E-state index in [0.29, 0.717) is 12.0 Å². The van der Waals surface area contributed by atoms with Crippen molar-refractivity contribution in [3.63, 3.8) is 0 Å². The lowest BCUT2D eigenvalue weighted by Gasteiger charge is -2.29. The number of primary amides is 1. The Labute approximate surface area is 264 Å². The fourth-order valence-corrected chi connectivity index (χ4v) is 4.88. The molecule has 0 spiro atoms. The fraction of sp³-hybridized carbons (Fsp3) is 0.371. The molecule has 6 N–H and O–H groups in total. The highest BCUT2D eigenvalue weighted by Crippen LogP contribution is 2.20. The first-order valence-electron chi connectivity index (χ1n) is 15.0. The number of aliphatic hydroxyl groups excluding tert-OH is 1. The van der Waals surface area contributed by atoms with Crippen molar-refractivity contribution in [3.8, 4) is 0 Å². The van der Waals surface area contributed by atoms with Crippen molar-refractivity contribution in [1.29, 1.82) is 0 Å². The molecule has 240 valence electrons. The van der Waals surface area contributed by atoms with Crippen LogP contribution in [0.15, 0.2) is 91.0 Å². The van der Waals surface area contributed by atoms with E-state index in [1.54, 1.807) is 51.1 Å². The van der Waals surface area contributed by atoms with Crippen LogP contribution in [0.3, 0.4) is 0 Å². The molecule has 0 fully saturated rings. The number of benzene rings is 3. The summed E-state index contributed by atoms with van der Waals surface area (Å²) in [6, 6.07) is 24.4. The second-order valence-electron chi connectivity index (χ2n) is 12.1. The third kappa shape index (κ3) is 11.7. The molecule has 4 amide bonds. The largest absolute Gasteiger partial charge is 0.444 e. The lowest BCUT2D eigenvalue weighted by atomic mass is 9.88. The van der Waals surface area contributed by atoms with Gasteiger partial charge in [0.05, 0.1) is 12.1 Å². The van der Waals surface area contributed by atoms with Gasteiger partial charge >= 0.3 is 6.09 Å². The number of nitrogens with one attached hydrogen (secondary N) is 3. The van der Waals surface area contributed by atoms with E-state index >= 15 is 0 Å². The summed E-state index contributed by atoms with van der Waals surface area (Å²) in [7, 11) is 0. The van der Waals surface area contributed by atoms with Crippen LogP contribution >= 0.6 is 0 Å². The zero-order valence-corrected chi connectivity index (χ0v) is 26.2. The maximum Gasteiger partial charge on any atom is 0.407 e. The zero-order valence-electron chi connectivity index (χ0n) is 26.2. The van der Waals surface area contributed by atoms with Gasteiger partial charge in [-0.1, -0.05) is 91.0 Å². The summed E-state index contributed by atoms with van der Waals surface area (Å²) in [4.78, 5) is 51.6. The summed E-state index contributed by atoms with van der Waals surface area (Å²) in [5.41, 5.74) is 7.07. The molecule has 0 aliphatic carbocycles. The Morgan fingerprint density at radius 3 is 1.78 bits per heavy atom. The predicted molar refractivity (Wildman–Crippen MR) is 172 cm³/mol. The van der Waals surface area contributed by atoms with Crippen molar-refractivity contribution in [1.82, 2.24) is 16.0 Å². The third-order valence-electron chi connectivity index (χ3n) is 7.14. The molecule has 45 heavy (non-hydrogen) atoms. The monoisotopic (exact) mass is 616 g/mol. The number of carbonyl (C=O) groups excluding carboxylic acids is 4. The van der Waals surface area contributed by atoms with E-state index in [9.17, 15) is 24.3 Å². The van der Waals surface area contributed by atoms with Crippen molar-refractivity contribution in [2.24, 2.45) is 11.7 Å². The van der Waals surface area contributed by atoms with Crippen LogP contribution in [0.2, 0.25) is 0 Å². The van der Waals surface area contributed by atoms with E-state index < -0.39 is 59.6 Å². The maximum absolute atomic E-state index is 13.7. The summed E-state index contributed by atoms with van der Waals surface area (Å²) in [6.07, 6.45) is -1.27. The molecule has 0 bridgehead atoms. The van der Waals surface area contributed by atoms with Gasteiger partial charge in [-0.3, -0.25) is 14.4 Å². The van der Waals surface area contributed by atoms with E-state index in [2.05, 4.69) is 16.0 Å². The van der Waals surface area contributed by atoms with Gasteiger partial charge in [0.1, 0.15) is 17.7 Å². The first-order valence-corrected chi connectivity index (χ1v) is 15.0. The molecule has 0 aliphatic rings. The number of alkyl carbamates (subject to hydrolysis) is 1. The van der Waals surface area contributed by atoms with E-state index in [1.165, 1.54) is 6.92 Å². The summed E-state index contributed by atoms with van der Waals surface area (Å²) in [5.74, 6) is -2.56. The second-order valence-corrected chi connectivity index (χ2v) is 12.1. The Morgan fingerprint density at radius 1 is 0.756 bits per heavy atom. The number of hydrogen-bond acceptors (Lipinski definition) is 6. The SMILES string of the molecule is C[C@H](NC(=O)[C@@H](Cc1ccccc1)C[C@@H](O)[C@H](Cc1ccccc1)NC(=O)OC(C)(C)C)C(=O)N[C@H](C(N)=O)c1ccccc1. The second kappa shape index (κ2) is 16.4. The van der Waals surface area contributed by atoms with Gasteiger partial charge in [0.15, 0.2) is 0 Å². The van der Waals surface area contributed by atoms with E-state index in [-0.39, 0.29) is 12.8 Å². The summed E-state index contributed by atoms with van der Waals surface area (Å²) < 4.78 is 5.45.